The first-order valence-corrected chi connectivity index (χ1v) is 13.4. The third-order valence-corrected chi connectivity index (χ3v) is 7.45. The molecular weight excluding hydrogens is 509 g/mol. The molecule has 0 bridgehead atoms. The summed E-state index contributed by atoms with van der Waals surface area (Å²) >= 11 is 0. The lowest BCUT2D eigenvalue weighted by Crippen LogP contribution is -2.24. The third kappa shape index (κ3) is 5.16. The van der Waals surface area contributed by atoms with Crippen LogP contribution in [0.15, 0.2) is 61.2 Å². The third-order valence-electron chi connectivity index (χ3n) is 7.45. The van der Waals surface area contributed by atoms with Crippen LogP contribution in [0.25, 0.3) is 22.3 Å². The van der Waals surface area contributed by atoms with Crippen LogP contribution in [0.4, 0.5) is 4.39 Å². The summed E-state index contributed by atoms with van der Waals surface area (Å²) < 4.78 is 23.5. The predicted octanol–water partition coefficient (Wildman–Crippen LogP) is 5.01. The molecule has 2 aromatic carbocycles. The fourth-order valence-corrected chi connectivity index (χ4v) is 5.44. The Bertz CT molecular complexity index is 1670. The monoisotopic (exact) mass is 539 g/mol. The van der Waals surface area contributed by atoms with E-state index in [-0.39, 0.29) is 24.0 Å². The summed E-state index contributed by atoms with van der Waals surface area (Å²) in [7, 11) is 3.46. The van der Waals surface area contributed by atoms with E-state index in [2.05, 4.69) is 25.0 Å². The second kappa shape index (κ2) is 10.9. The molecule has 1 fully saturated rings. The van der Waals surface area contributed by atoms with Crippen LogP contribution >= 0.6 is 0 Å². The van der Waals surface area contributed by atoms with Crippen molar-refractivity contribution in [3.63, 3.8) is 0 Å². The molecule has 1 saturated carbocycles. The van der Waals surface area contributed by atoms with Crippen LogP contribution < -0.4 is 10.1 Å². The van der Waals surface area contributed by atoms with Crippen molar-refractivity contribution >= 4 is 17.1 Å². The first-order valence-electron chi connectivity index (χ1n) is 13.4. The van der Waals surface area contributed by atoms with Gasteiger partial charge in [0.1, 0.15) is 29.2 Å². The van der Waals surface area contributed by atoms with Gasteiger partial charge in [0.05, 0.1) is 19.9 Å². The summed E-state index contributed by atoms with van der Waals surface area (Å²) in [6.45, 7) is 0.711. The van der Waals surface area contributed by atoms with E-state index >= 15 is 0 Å². The fraction of sp³-hybridized carbons (Fsp3) is 0.300. The van der Waals surface area contributed by atoms with Crippen LogP contribution in [0.1, 0.15) is 59.0 Å². The predicted molar refractivity (Wildman–Crippen MR) is 148 cm³/mol. The number of fused-ring (bicyclic) bond motifs is 1. The highest BCUT2D eigenvalue weighted by Crippen LogP contribution is 2.35. The number of carbonyl (C=O) groups is 1. The van der Waals surface area contributed by atoms with Gasteiger partial charge in [0, 0.05) is 31.3 Å². The average molecular weight is 540 g/mol. The van der Waals surface area contributed by atoms with Crippen molar-refractivity contribution in [2.45, 2.75) is 44.7 Å². The van der Waals surface area contributed by atoms with E-state index in [1.807, 2.05) is 43.6 Å². The standard InChI is InChI=1S/C30H30FN7O2/c1-37-17-23(15-35-37)22-11-20(12-24(31)13-22)14-32-30(39)27-26-29(34-18-33-27)38(28(36-26)21-5-3-4-6-21)16-19-7-9-25(40-2)10-8-19/h7-13,15,17-18,21H,3-6,14,16H2,1-2H3,(H,32,39). The molecule has 0 saturated heterocycles. The Balaban J connectivity index is 1.29. The summed E-state index contributed by atoms with van der Waals surface area (Å²) in [5.41, 5.74) is 4.53. The highest BCUT2D eigenvalue weighted by molar-refractivity contribution is 6.02. The summed E-state index contributed by atoms with van der Waals surface area (Å²) in [4.78, 5) is 27.2. The number of carbonyl (C=O) groups excluding carboxylic acids is 1. The number of halogens is 1. The van der Waals surface area contributed by atoms with Crippen LogP contribution in [-0.2, 0) is 20.1 Å². The van der Waals surface area contributed by atoms with Gasteiger partial charge in [-0.1, -0.05) is 25.0 Å². The molecule has 0 spiro atoms. The van der Waals surface area contributed by atoms with E-state index in [4.69, 9.17) is 9.72 Å². The normalized spacial score (nSPS) is 13.7. The topological polar surface area (TPSA) is 99.8 Å². The zero-order valence-electron chi connectivity index (χ0n) is 22.5. The van der Waals surface area contributed by atoms with Gasteiger partial charge < -0.3 is 14.6 Å². The molecule has 0 radical (unpaired) electrons. The number of hydrogen-bond acceptors (Lipinski definition) is 6. The molecule has 6 rings (SSSR count). The molecule has 3 aromatic heterocycles. The van der Waals surface area contributed by atoms with Gasteiger partial charge in [0.2, 0.25) is 0 Å². The van der Waals surface area contributed by atoms with Crippen molar-refractivity contribution in [2.24, 2.45) is 7.05 Å². The molecule has 40 heavy (non-hydrogen) atoms. The van der Waals surface area contributed by atoms with Gasteiger partial charge in [-0.2, -0.15) is 5.10 Å². The Hall–Kier alpha value is -4.60. The number of rotatable bonds is 8. The smallest absolute Gasteiger partial charge is 0.272 e. The number of imidazole rings is 1. The average Bonchev–Trinajstić information content (AvgIpc) is 3.72. The summed E-state index contributed by atoms with van der Waals surface area (Å²) in [5.74, 6) is 1.27. The number of nitrogens with one attached hydrogen (secondary N) is 1. The minimum absolute atomic E-state index is 0.136. The van der Waals surface area contributed by atoms with E-state index in [9.17, 15) is 9.18 Å². The van der Waals surface area contributed by atoms with Crippen molar-refractivity contribution in [1.29, 1.82) is 0 Å². The Labute approximate surface area is 231 Å². The van der Waals surface area contributed by atoms with Crippen molar-refractivity contribution in [3.05, 3.63) is 89.6 Å². The Morgan fingerprint density at radius 3 is 2.60 bits per heavy atom. The molecule has 3 heterocycles. The van der Waals surface area contributed by atoms with E-state index in [0.29, 0.717) is 34.8 Å². The van der Waals surface area contributed by atoms with E-state index in [0.717, 1.165) is 48.4 Å². The van der Waals surface area contributed by atoms with E-state index < -0.39 is 0 Å². The van der Waals surface area contributed by atoms with Crippen LogP contribution in [-0.4, -0.2) is 42.3 Å². The zero-order chi connectivity index (χ0) is 27.6. The number of hydrogen-bond donors (Lipinski definition) is 1. The molecule has 0 unspecified atom stereocenters. The quantitative estimate of drug-likeness (QED) is 0.298. The van der Waals surface area contributed by atoms with Gasteiger partial charge >= 0.3 is 0 Å². The van der Waals surface area contributed by atoms with Gasteiger partial charge in [0.25, 0.3) is 5.91 Å². The maximum Gasteiger partial charge on any atom is 0.272 e. The SMILES string of the molecule is COc1ccc(Cn2c(C3CCCC3)nc3c(C(=O)NCc4cc(F)cc(-c5cnn(C)c5)c4)ncnc32)cc1. The molecular formula is C30H30FN7O2. The van der Waals surface area contributed by atoms with Crippen LogP contribution in [0.2, 0.25) is 0 Å². The number of aryl methyl sites for hydroxylation is 1. The lowest BCUT2D eigenvalue weighted by atomic mass is 10.1. The molecule has 1 aliphatic carbocycles. The zero-order valence-corrected chi connectivity index (χ0v) is 22.5. The van der Waals surface area contributed by atoms with Crippen molar-refractivity contribution in [2.75, 3.05) is 7.11 Å². The van der Waals surface area contributed by atoms with E-state index in [1.54, 1.807) is 18.0 Å². The van der Waals surface area contributed by atoms with Gasteiger partial charge in [-0.3, -0.25) is 9.48 Å². The van der Waals surface area contributed by atoms with Crippen molar-refractivity contribution in [3.8, 4) is 16.9 Å². The summed E-state index contributed by atoms with van der Waals surface area (Å²) in [6.07, 6.45) is 9.33. The van der Waals surface area contributed by atoms with Crippen LogP contribution in [0, 0.1) is 5.82 Å². The lowest BCUT2D eigenvalue weighted by Gasteiger charge is -2.13. The number of amides is 1. The minimum atomic E-state index is -0.383. The van der Waals surface area contributed by atoms with Gasteiger partial charge in [-0.05, 0) is 59.9 Å². The number of ether oxygens (including phenoxy) is 1. The van der Waals surface area contributed by atoms with Crippen molar-refractivity contribution < 1.29 is 13.9 Å². The Kier molecular flexibility index (Phi) is 6.98. The number of nitrogens with zero attached hydrogens (tertiary/aromatic N) is 6. The molecule has 1 N–H and O–H groups in total. The second-order valence-electron chi connectivity index (χ2n) is 10.2. The van der Waals surface area contributed by atoms with Crippen LogP contribution in [0.5, 0.6) is 5.75 Å². The van der Waals surface area contributed by atoms with E-state index in [1.165, 1.54) is 18.5 Å². The van der Waals surface area contributed by atoms with Gasteiger partial charge in [0.15, 0.2) is 11.3 Å². The molecule has 5 aromatic rings. The molecule has 9 nitrogen and oxygen atoms in total. The maximum absolute atomic E-state index is 14.4. The first-order chi connectivity index (χ1) is 19.5. The van der Waals surface area contributed by atoms with Gasteiger partial charge in [-0.15, -0.1) is 0 Å². The molecule has 1 aliphatic rings. The first kappa shape index (κ1) is 25.7. The minimum Gasteiger partial charge on any atom is -0.497 e. The van der Waals surface area contributed by atoms with Crippen LogP contribution in [0.3, 0.4) is 0 Å². The highest BCUT2D eigenvalue weighted by atomic mass is 19.1. The summed E-state index contributed by atoms with van der Waals surface area (Å²) in [6, 6.07) is 12.6. The summed E-state index contributed by atoms with van der Waals surface area (Å²) in [5, 5.41) is 7.06. The second-order valence-corrected chi connectivity index (χ2v) is 10.2. The maximum atomic E-state index is 14.4. The number of benzene rings is 2. The molecule has 10 heteroatoms. The molecule has 0 aliphatic heterocycles. The fourth-order valence-electron chi connectivity index (χ4n) is 5.44. The number of aromatic nitrogens is 6. The largest absolute Gasteiger partial charge is 0.497 e. The lowest BCUT2D eigenvalue weighted by molar-refractivity contribution is 0.0947. The molecule has 204 valence electrons. The highest BCUT2D eigenvalue weighted by Gasteiger charge is 2.27. The number of methoxy groups -OCH3 is 1. The Morgan fingerprint density at radius 1 is 1.07 bits per heavy atom. The Morgan fingerprint density at radius 2 is 1.88 bits per heavy atom. The van der Waals surface area contributed by atoms with Crippen molar-refractivity contribution in [1.82, 2.24) is 34.6 Å². The van der Waals surface area contributed by atoms with Gasteiger partial charge in [-0.25, -0.2) is 19.3 Å². The molecule has 1 amide bonds. The molecule has 0 atom stereocenters.